The van der Waals surface area contributed by atoms with Gasteiger partial charge in [-0.15, -0.1) is 0 Å². The Balaban J connectivity index is 1.60. The van der Waals surface area contributed by atoms with Crippen LogP contribution >= 0.6 is 0 Å². The monoisotopic (exact) mass is 546 g/mol. The van der Waals surface area contributed by atoms with Crippen molar-refractivity contribution in [1.82, 2.24) is 0 Å². The lowest BCUT2D eigenvalue weighted by atomic mass is 9.80. The highest BCUT2D eigenvalue weighted by atomic mass is 14.2. The predicted octanol–water partition coefficient (Wildman–Crippen LogP) is 12.1. The summed E-state index contributed by atoms with van der Waals surface area (Å²) >= 11 is 0. The zero-order chi connectivity index (χ0) is 28.8. The summed E-state index contributed by atoms with van der Waals surface area (Å²) < 4.78 is 0. The van der Waals surface area contributed by atoms with Crippen molar-refractivity contribution in [2.24, 2.45) is 0 Å². The van der Waals surface area contributed by atoms with Crippen LogP contribution in [0.4, 0.5) is 0 Å². The van der Waals surface area contributed by atoms with Crippen molar-refractivity contribution in [2.75, 3.05) is 0 Å². The van der Waals surface area contributed by atoms with Crippen LogP contribution in [0.1, 0.15) is 5.56 Å². The van der Waals surface area contributed by atoms with Gasteiger partial charge in [0.05, 0.1) is 0 Å². The Morgan fingerprint density at radius 2 is 0.744 bits per heavy atom. The molecule has 8 rings (SSSR count). The molecule has 0 nitrogen and oxygen atoms in total. The maximum absolute atomic E-state index is 2.43. The fraction of sp³-hybridized carbons (Fsp3) is 0.0233. The number of rotatable bonds is 4. The van der Waals surface area contributed by atoms with E-state index < -0.39 is 0 Å². The Hall–Kier alpha value is -5.46. The van der Waals surface area contributed by atoms with Gasteiger partial charge in [-0.1, -0.05) is 158 Å². The fourth-order valence-corrected chi connectivity index (χ4v) is 6.96. The van der Waals surface area contributed by atoms with Crippen LogP contribution in [0.3, 0.4) is 0 Å². The molecule has 0 spiro atoms. The van der Waals surface area contributed by atoms with Crippen molar-refractivity contribution < 1.29 is 0 Å². The maximum atomic E-state index is 2.43. The van der Waals surface area contributed by atoms with Crippen LogP contribution < -0.4 is 0 Å². The molecule has 0 heteroatoms. The second-order valence-corrected chi connectivity index (χ2v) is 11.3. The van der Waals surface area contributed by atoms with Crippen LogP contribution in [-0.4, -0.2) is 0 Å². The van der Waals surface area contributed by atoms with Crippen molar-refractivity contribution in [3.8, 4) is 44.5 Å². The molecule has 0 amide bonds. The maximum Gasteiger partial charge on any atom is -0.00172 e. The van der Waals surface area contributed by atoms with Crippen molar-refractivity contribution in [1.29, 1.82) is 0 Å². The van der Waals surface area contributed by atoms with Gasteiger partial charge >= 0.3 is 0 Å². The summed E-state index contributed by atoms with van der Waals surface area (Å²) in [7, 11) is 0. The molecule has 43 heavy (non-hydrogen) atoms. The molecule has 0 bridgehead atoms. The van der Waals surface area contributed by atoms with Crippen molar-refractivity contribution >= 4 is 32.3 Å². The molecular weight excluding hydrogens is 516 g/mol. The summed E-state index contributed by atoms with van der Waals surface area (Å²) in [6.45, 7) is 2.31. The molecule has 202 valence electrons. The Morgan fingerprint density at radius 3 is 1.33 bits per heavy atom. The average molecular weight is 547 g/mol. The molecule has 0 aromatic heterocycles. The fourth-order valence-electron chi connectivity index (χ4n) is 6.96. The molecule has 0 saturated carbocycles. The lowest BCUT2D eigenvalue weighted by Gasteiger charge is -2.23. The summed E-state index contributed by atoms with van der Waals surface area (Å²) in [5, 5.41) is 7.71. The van der Waals surface area contributed by atoms with E-state index in [2.05, 4.69) is 171 Å². The van der Waals surface area contributed by atoms with E-state index in [-0.39, 0.29) is 0 Å². The number of hydrogen-bond donors (Lipinski definition) is 0. The average Bonchev–Trinajstić information content (AvgIpc) is 3.08. The number of hydrogen-bond acceptors (Lipinski definition) is 0. The highest BCUT2D eigenvalue weighted by Gasteiger charge is 2.22. The van der Waals surface area contributed by atoms with Gasteiger partial charge in [0.25, 0.3) is 0 Å². The summed E-state index contributed by atoms with van der Waals surface area (Å²) in [6, 6.07) is 59.6. The standard InChI is InChI=1S/C43H30/c1-29-33-21-9-8-20-32(33)28-40-41(29)43(37-25-13-11-23-35(37)31-18-6-3-7-19-31)39-27-15-14-26-38(39)42(40)36-24-12-10-22-34(36)30-16-4-2-5-17-30/h2-28H,1H3. The van der Waals surface area contributed by atoms with E-state index in [9.17, 15) is 0 Å². The molecule has 8 aromatic carbocycles. The summed E-state index contributed by atoms with van der Waals surface area (Å²) in [5.41, 5.74) is 11.4. The molecule has 0 atom stereocenters. The second-order valence-electron chi connectivity index (χ2n) is 11.3. The lowest BCUT2D eigenvalue weighted by Crippen LogP contribution is -1.96. The van der Waals surface area contributed by atoms with Gasteiger partial charge < -0.3 is 0 Å². The zero-order valence-corrected chi connectivity index (χ0v) is 24.1. The van der Waals surface area contributed by atoms with Crippen molar-refractivity contribution in [3.05, 3.63) is 169 Å². The smallest absolute Gasteiger partial charge is 0.00172 e. The summed E-state index contributed by atoms with van der Waals surface area (Å²) in [4.78, 5) is 0. The largest absolute Gasteiger partial charge is 0.0622 e. The van der Waals surface area contributed by atoms with E-state index in [1.165, 1.54) is 82.4 Å². The molecule has 0 aliphatic rings. The first-order valence-electron chi connectivity index (χ1n) is 15.0. The molecule has 0 unspecified atom stereocenters. The van der Waals surface area contributed by atoms with Crippen molar-refractivity contribution in [3.63, 3.8) is 0 Å². The Morgan fingerprint density at radius 1 is 0.326 bits per heavy atom. The van der Waals surface area contributed by atoms with Gasteiger partial charge in [0, 0.05) is 0 Å². The van der Waals surface area contributed by atoms with Gasteiger partial charge in [-0.3, -0.25) is 0 Å². The molecule has 0 heterocycles. The molecule has 0 aliphatic heterocycles. The topological polar surface area (TPSA) is 0 Å². The van der Waals surface area contributed by atoms with Gasteiger partial charge in [0.15, 0.2) is 0 Å². The summed E-state index contributed by atoms with van der Waals surface area (Å²) in [6.07, 6.45) is 0. The SMILES string of the molecule is Cc1c2ccccc2cc2c(-c3ccccc3-c3ccccc3)c3ccccc3c(-c3ccccc3-c3ccccc3)c12. The van der Waals surface area contributed by atoms with E-state index >= 15 is 0 Å². The molecule has 0 aliphatic carbocycles. The normalized spacial score (nSPS) is 11.4. The number of aryl methyl sites for hydroxylation is 1. The van der Waals surface area contributed by atoms with Gasteiger partial charge in [0.1, 0.15) is 0 Å². The molecule has 0 fully saturated rings. The first kappa shape index (κ1) is 25.3. The quantitative estimate of drug-likeness (QED) is 0.193. The minimum Gasteiger partial charge on any atom is -0.0622 e. The first-order valence-corrected chi connectivity index (χ1v) is 15.0. The van der Waals surface area contributed by atoms with E-state index in [1.54, 1.807) is 0 Å². The minimum atomic E-state index is 1.23. The van der Waals surface area contributed by atoms with Crippen LogP contribution in [-0.2, 0) is 0 Å². The number of benzene rings is 8. The van der Waals surface area contributed by atoms with E-state index in [0.29, 0.717) is 0 Å². The van der Waals surface area contributed by atoms with Gasteiger partial charge in [-0.2, -0.15) is 0 Å². The third-order valence-electron chi connectivity index (χ3n) is 8.86. The Labute approximate surface area is 252 Å². The third-order valence-corrected chi connectivity index (χ3v) is 8.86. The van der Waals surface area contributed by atoms with Crippen LogP contribution in [0.5, 0.6) is 0 Å². The molecular formula is C43H30. The third kappa shape index (κ3) is 4.15. The van der Waals surface area contributed by atoms with Gasteiger partial charge in [-0.25, -0.2) is 0 Å². The zero-order valence-electron chi connectivity index (χ0n) is 24.1. The van der Waals surface area contributed by atoms with E-state index in [4.69, 9.17) is 0 Å². The van der Waals surface area contributed by atoms with Crippen LogP contribution in [0.25, 0.3) is 76.8 Å². The van der Waals surface area contributed by atoms with Crippen LogP contribution in [0, 0.1) is 6.92 Å². The first-order chi connectivity index (χ1) is 21.3. The summed E-state index contributed by atoms with van der Waals surface area (Å²) in [5.74, 6) is 0. The molecule has 0 radical (unpaired) electrons. The second kappa shape index (κ2) is 10.4. The predicted molar refractivity (Wildman–Crippen MR) is 185 cm³/mol. The lowest BCUT2D eigenvalue weighted by molar-refractivity contribution is 1.56. The Bertz CT molecular complexity index is 2270. The molecule has 0 N–H and O–H groups in total. The van der Waals surface area contributed by atoms with Gasteiger partial charge in [0.2, 0.25) is 0 Å². The highest BCUT2D eigenvalue weighted by molar-refractivity contribution is 6.26. The number of fused-ring (bicyclic) bond motifs is 3. The Kier molecular flexibility index (Phi) is 6.12. The highest BCUT2D eigenvalue weighted by Crippen LogP contribution is 2.49. The van der Waals surface area contributed by atoms with E-state index in [0.717, 1.165) is 0 Å². The molecule has 0 saturated heterocycles. The molecule has 8 aromatic rings. The minimum absolute atomic E-state index is 1.23. The van der Waals surface area contributed by atoms with Crippen LogP contribution in [0.15, 0.2) is 164 Å². The van der Waals surface area contributed by atoms with E-state index in [1.807, 2.05) is 0 Å². The van der Waals surface area contributed by atoms with Crippen LogP contribution in [0.2, 0.25) is 0 Å². The van der Waals surface area contributed by atoms with Gasteiger partial charge in [-0.05, 0) is 95.4 Å². The van der Waals surface area contributed by atoms with Crippen molar-refractivity contribution in [2.45, 2.75) is 6.92 Å².